The summed E-state index contributed by atoms with van der Waals surface area (Å²) in [6.45, 7) is 1.80. The predicted molar refractivity (Wildman–Crippen MR) is 86.4 cm³/mol. The van der Waals surface area contributed by atoms with Crippen molar-refractivity contribution in [1.29, 1.82) is 0 Å². The average Bonchev–Trinajstić information content (AvgIpc) is 2.62. The Balaban J connectivity index is 2.33. The van der Waals surface area contributed by atoms with Crippen molar-refractivity contribution < 1.29 is 23.0 Å². The van der Waals surface area contributed by atoms with Gasteiger partial charge in [0.25, 0.3) is 5.91 Å². The SMILES string of the molecule is COc1ccc(C(C)N(C)C(=O)c2c(OC)ccc(F)c2F)cc1. The van der Waals surface area contributed by atoms with Gasteiger partial charge in [0.15, 0.2) is 11.6 Å². The molecular weight excluding hydrogens is 316 g/mol. The number of hydrogen-bond acceptors (Lipinski definition) is 3. The van der Waals surface area contributed by atoms with Crippen molar-refractivity contribution >= 4 is 5.91 Å². The number of hydrogen-bond donors (Lipinski definition) is 0. The number of nitrogens with zero attached hydrogens (tertiary/aromatic N) is 1. The molecule has 0 bridgehead atoms. The van der Waals surface area contributed by atoms with Gasteiger partial charge in [-0.2, -0.15) is 0 Å². The van der Waals surface area contributed by atoms with Gasteiger partial charge in [-0.15, -0.1) is 0 Å². The molecule has 1 atom stereocenters. The number of carbonyl (C=O) groups excluding carboxylic acids is 1. The molecule has 24 heavy (non-hydrogen) atoms. The zero-order valence-corrected chi connectivity index (χ0v) is 14.0. The number of methoxy groups -OCH3 is 2. The van der Waals surface area contributed by atoms with Crippen LogP contribution in [0.5, 0.6) is 11.5 Å². The molecular formula is C18H19F2NO3. The summed E-state index contributed by atoms with van der Waals surface area (Å²) >= 11 is 0. The molecule has 0 fully saturated rings. The van der Waals surface area contributed by atoms with Crippen LogP contribution in [0, 0.1) is 11.6 Å². The van der Waals surface area contributed by atoms with Gasteiger partial charge < -0.3 is 14.4 Å². The van der Waals surface area contributed by atoms with E-state index in [1.165, 1.54) is 25.1 Å². The summed E-state index contributed by atoms with van der Waals surface area (Å²) in [4.78, 5) is 14.0. The Morgan fingerprint density at radius 3 is 2.21 bits per heavy atom. The van der Waals surface area contributed by atoms with E-state index < -0.39 is 23.1 Å². The highest BCUT2D eigenvalue weighted by atomic mass is 19.2. The first-order valence-corrected chi connectivity index (χ1v) is 7.33. The Bertz CT molecular complexity index is 732. The quantitative estimate of drug-likeness (QED) is 0.834. The highest BCUT2D eigenvalue weighted by molar-refractivity contribution is 5.97. The maximum absolute atomic E-state index is 14.1. The minimum Gasteiger partial charge on any atom is -0.497 e. The molecule has 0 aliphatic heterocycles. The van der Waals surface area contributed by atoms with E-state index in [0.717, 1.165) is 11.6 Å². The maximum Gasteiger partial charge on any atom is 0.260 e. The van der Waals surface area contributed by atoms with Gasteiger partial charge in [0.05, 0.1) is 20.3 Å². The third-order valence-electron chi connectivity index (χ3n) is 3.99. The third kappa shape index (κ3) is 3.32. The Labute approximate surface area is 139 Å². The third-order valence-corrected chi connectivity index (χ3v) is 3.99. The van der Waals surface area contributed by atoms with E-state index in [-0.39, 0.29) is 11.8 Å². The number of ether oxygens (including phenoxy) is 2. The molecule has 0 radical (unpaired) electrons. The van der Waals surface area contributed by atoms with Gasteiger partial charge in [-0.05, 0) is 36.8 Å². The van der Waals surface area contributed by atoms with Gasteiger partial charge in [0.2, 0.25) is 0 Å². The van der Waals surface area contributed by atoms with Crippen LogP contribution in [0.25, 0.3) is 0 Å². The highest BCUT2D eigenvalue weighted by Crippen LogP contribution is 2.28. The Kier molecular flexibility index (Phi) is 5.39. The number of carbonyl (C=O) groups is 1. The van der Waals surface area contributed by atoms with E-state index in [1.807, 2.05) is 12.1 Å². The molecule has 1 amide bonds. The molecule has 6 heteroatoms. The summed E-state index contributed by atoms with van der Waals surface area (Å²) in [6, 6.07) is 8.98. The second kappa shape index (κ2) is 7.29. The monoisotopic (exact) mass is 335 g/mol. The van der Waals surface area contributed by atoms with E-state index in [0.29, 0.717) is 5.75 Å². The highest BCUT2D eigenvalue weighted by Gasteiger charge is 2.27. The molecule has 0 spiro atoms. The zero-order chi connectivity index (χ0) is 17.9. The summed E-state index contributed by atoms with van der Waals surface area (Å²) in [5.41, 5.74) is 0.419. The fourth-order valence-electron chi connectivity index (χ4n) is 2.36. The van der Waals surface area contributed by atoms with Crippen LogP contribution in [0.4, 0.5) is 8.78 Å². The fourth-order valence-corrected chi connectivity index (χ4v) is 2.36. The van der Waals surface area contributed by atoms with Crippen molar-refractivity contribution in [3.63, 3.8) is 0 Å². The molecule has 0 aromatic heterocycles. The Morgan fingerprint density at radius 2 is 1.67 bits per heavy atom. The second-order valence-corrected chi connectivity index (χ2v) is 5.30. The summed E-state index contributed by atoms with van der Waals surface area (Å²) in [5, 5.41) is 0. The largest absolute Gasteiger partial charge is 0.497 e. The van der Waals surface area contributed by atoms with Crippen molar-refractivity contribution in [2.75, 3.05) is 21.3 Å². The van der Waals surface area contributed by atoms with Crippen LogP contribution < -0.4 is 9.47 Å². The van der Waals surface area contributed by atoms with Gasteiger partial charge in [-0.1, -0.05) is 12.1 Å². The van der Waals surface area contributed by atoms with Crippen molar-refractivity contribution in [3.05, 3.63) is 59.2 Å². The van der Waals surface area contributed by atoms with Gasteiger partial charge in [0.1, 0.15) is 17.1 Å². The molecule has 4 nitrogen and oxygen atoms in total. The van der Waals surface area contributed by atoms with E-state index in [1.54, 1.807) is 26.2 Å². The van der Waals surface area contributed by atoms with E-state index in [4.69, 9.17) is 9.47 Å². The molecule has 0 N–H and O–H groups in total. The van der Waals surface area contributed by atoms with Crippen LogP contribution in [-0.4, -0.2) is 32.1 Å². The van der Waals surface area contributed by atoms with Crippen LogP contribution in [0.1, 0.15) is 28.9 Å². The van der Waals surface area contributed by atoms with Gasteiger partial charge >= 0.3 is 0 Å². The average molecular weight is 335 g/mol. The van der Waals surface area contributed by atoms with E-state index in [9.17, 15) is 13.6 Å². The molecule has 0 saturated carbocycles. The molecule has 0 aliphatic carbocycles. The number of amides is 1. The lowest BCUT2D eigenvalue weighted by Gasteiger charge is -2.26. The maximum atomic E-state index is 14.1. The summed E-state index contributed by atoms with van der Waals surface area (Å²) in [5.74, 6) is -2.28. The standard InChI is InChI=1S/C18H19F2NO3/c1-11(12-5-7-13(23-3)8-6-12)21(2)18(22)16-15(24-4)10-9-14(19)17(16)20/h5-11H,1-4H3. The molecule has 0 saturated heterocycles. The summed E-state index contributed by atoms with van der Waals surface area (Å²) < 4.78 is 37.7. The Hall–Kier alpha value is -2.63. The van der Waals surface area contributed by atoms with E-state index >= 15 is 0 Å². The molecule has 2 aromatic rings. The van der Waals surface area contributed by atoms with Crippen LogP contribution in [0.15, 0.2) is 36.4 Å². The number of rotatable bonds is 5. The molecule has 128 valence electrons. The lowest BCUT2D eigenvalue weighted by molar-refractivity contribution is 0.0733. The smallest absolute Gasteiger partial charge is 0.260 e. The van der Waals surface area contributed by atoms with Gasteiger partial charge in [-0.25, -0.2) is 8.78 Å². The molecule has 1 unspecified atom stereocenters. The van der Waals surface area contributed by atoms with Crippen molar-refractivity contribution in [2.24, 2.45) is 0 Å². The lowest BCUT2D eigenvalue weighted by Crippen LogP contribution is -2.31. The second-order valence-electron chi connectivity index (χ2n) is 5.30. The van der Waals surface area contributed by atoms with Crippen molar-refractivity contribution in [2.45, 2.75) is 13.0 Å². The molecule has 2 aromatic carbocycles. The lowest BCUT2D eigenvalue weighted by atomic mass is 10.1. The number of halogens is 2. The fraction of sp³-hybridized carbons (Fsp3) is 0.278. The molecule has 2 rings (SSSR count). The van der Waals surface area contributed by atoms with Crippen LogP contribution in [-0.2, 0) is 0 Å². The molecule has 0 heterocycles. The zero-order valence-electron chi connectivity index (χ0n) is 14.0. The first-order chi connectivity index (χ1) is 11.4. The minimum atomic E-state index is -1.21. The first-order valence-electron chi connectivity index (χ1n) is 7.33. The van der Waals surface area contributed by atoms with Crippen LogP contribution >= 0.6 is 0 Å². The topological polar surface area (TPSA) is 38.8 Å². The molecule has 0 aliphatic rings. The van der Waals surface area contributed by atoms with Gasteiger partial charge in [-0.3, -0.25) is 4.79 Å². The van der Waals surface area contributed by atoms with Crippen LogP contribution in [0.3, 0.4) is 0 Å². The predicted octanol–water partition coefficient (Wildman–Crippen LogP) is 3.82. The summed E-state index contributed by atoms with van der Waals surface area (Å²) in [6.07, 6.45) is 0. The number of benzene rings is 2. The first kappa shape index (κ1) is 17.7. The minimum absolute atomic E-state index is 0.00678. The van der Waals surface area contributed by atoms with Crippen LogP contribution in [0.2, 0.25) is 0 Å². The summed E-state index contributed by atoms with van der Waals surface area (Å²) in [7, 11) is 4.39. The normalized spacial score (nSPS) is 11.8. The van der Waals surface area contributed by atoms with Crippen molar-refractivity contribution in [3.8, 4) is 11.5 Å². The van der Waals surface area contributed by atoms with Crippen molar-refractivity contribution in [1.82, 2.24) is 4.90 Å². The van der Waals surface area contributed by atoms with E-state index in [2.05, 4.69) is 0 Å². The van der Waals surface area contributed by atoms with Gasteiger partial charge in [0, 0.05) is 7.05 Å². The Morgan fingerprint density at radius 1 is 1.04 bits per heavy atom.